The zero-order chi connectivity index (χ0) is 21.7. The Morgan fingerprint density at radius 1 is 1.03 bits per heavy atom. The summed E-state index contributed by atoms with van der Waals surface area (Å²) in [6.07, 6.45) is 3.05. The van der Waals surface area contributed by atoms with E-state index in [0.717, 1.165) is 24.0 Å². The van der Waals surface area contributed by atoms with Gasteiger partial charge in [-0.15, -0.1) is 0 Å². The van der Waals surface area contributed by atoms with Crippen LogP contribution in [0.5, 0.6) is 0 Å². The fourth-order valence-electron chi connectivity index (χ4n) is 3.79. The highest BCUT2D eigenvalue weighted by molar-refractivity contribution is 6.30. The Labute approximate surface area is 183 Å². The van der Waals surface area contributed by atoms with Gasteiger partial charge in [0.25, 0.3) is 0 Å². The van der Waals surface area contributed by atoms with Gasteiger partial charge >= 0.3 is 6.09 Å². The molecule has 2 amide bonds. The topological polar surface area (TPSA) is 59.1 Å². The van der Waals surface area contributed by atoms with Crippen LogP contribution in [0, 0.1) is 5.92 Å². The molecule has 0 radical (unpaired) electrons. The summed E-state index contributed by atoms with van der Waals surface area (Å²) in [6.45, 7) is 9.20. The summed E-state index contributed by atoms with van der Waals surface area (Å²) in [4.78, 5) is 28.9. The van der Waals surface area contributed by atoms with Gasteiger partial charge in [0, 0.05) is 37.3 Å². The largest absolute Gasteiger partial charge is 0.444 e. The van der Waals surface area contributed by atoms with Crippen LogP contribution in [-0.2, 0) is 14.3 Å². The molecule has 0 atom stereocenters. The number of nitrogens with zero attached hydrogens (tertiary/aromatic N) is 2. The second-order valence-corrected chi connectivity index (χ2v) is 9.22. The molecule has 2 aliphatic heterocycles. The van der Waals surface area contributed by atoms with E-state index >= 15 is 0 Å². The lowest BCUT2D eigenvalue weighted by Gasteiger charge is -2.34. The second kappa shape index (κ2) is 9.84. The van der Waals surface area contributed by atoms with Crippen molar-refractivity contribution in [3.05, 3.63) is 40.9 Å². The minimum absolute atomic E-state index is 0.0119. The number of carbonyl (C=O) groups excluding carboxylic acids is 2. The van der Waals surface area contributed by atoms with Gasteiger partial charge in [0.1, 0.15) is 5.60 Å². The van der Waals surface area contributed by atoms with Crippen LogP contribution in [0.3, 0.4) is 0 Å². The molecule has 6 nitrogen and oxygen atoms in total. The minimum Gasteiger partial charge on any atom is -0.444 e. The number of amides is 2. The molecule has 3 rings (SSSR count). The van der Waals surface area contributed by atoms with Crippen molar-refractivity contribution in [2.75, 3.05) is 39.4 Å². The van der Waals surface area contributed by atoms with Gasteiger partial charge in [-0.05, 0) is 62.8 Å². The highest BCUT2D eigenvalue weighted by Gasteiger charge is 2.29. The molecule has 0 saturated carbocycles. The third kappa shape index (κ3) is 6.22. The van der Waals surface area contributed by atoms with Crippen molar-refractivity contribution < 1.29 is 19.1 Å². The predicted molar refractivity (Wildman–Crippen MR) is 117 cm³/mol. The molecule has 2 fully saturated rings. The summed E-state index contributed by atoms with van der Waals surface area (Å²) < 4.78 is 10.9. The smallest absolute Gasteiger partial charge is 0.410 e. The van der Waals surface area contributed by atoms with E-state index in [1.807, 2.05) is 49.9 Å². The SMILES string of the molecule is CC(C)(C)OC(=O)N1CCC(/C(=C/C(=O)N2CCOCC2)c2ccc(Cl)cc2)CC1. The Hall–Kier alpha value is -2.05. The minimum atomic E-state index is -0.507. The highest BCUT2D eigenvalue weighted by Crippen LogP contribution is 2.33. The molecular formula is C23H31ClN2O4. The average Bonchev–Trinajstić information content (AvgIpc) is 2.72. The third-order valence-corrected chi connectivity index (χ3v) is 5.62. The Bertz CT molecular complexity index is 771. The maximum absolute atomic E-state index is 12.9. The van der Waals surface area contributed by atoms with E-state index in [-0.39, 0.29) is 17.9 Å². The molecule has 2 aliphatic rings. The van der Waals surface area contributed by atoms with Gasteiger partial charge in [-0.2, -0.15) is 0 Å². The molecule has 0 spiro atoms. The maximum atomic E-state index is 12.9. The summed E-state index contributed by atoms with van der Waals surface area (Å²) >= 11 is 6.07. The first kappa shape index (κ1) is 22.6. The highest BCUT2D eigenvalue weighted by atomic mass is 35.5. The number of ether oxygens (including phenoxy) is 2. The molecule has 0 aromatic heterocycles. The van der Waals surface area contributed by atoms with E-state index in [0.29, 0.717) is 44.4 Å². The first-order valence-electron chi connectivity index (χ1n) is 10.5. The zero-order valence-electron chi connectivity index (χ0n) is 18.0. The molecule has 7 heteroatoms. The second-order valence-electron chi connectivity index (χ2n) is 8.79. The Morgan fingerprint density at radius 2 is 1.63 bits per heavy atom. The molecule has 1 aromatic carbocycles. The van der Waals surface area contributed by atoms with Crippen molar-refractivity contribution in [3.8, 4) is 0 Å². The number of piperidine rings is 1. The molecule has 0 N–H and O–H groups in total. The van der Waals surface area contributed by atoms with E-state index in [4.69, 9.17) is 21.1 Å². The van der Waals surface area contributed by atoms with Gasteiger partial charge < -0.3 is 19.3 Å². The van der Waals surface area contributed by atoms with Crippen molar-refractivity contribution in [3.63, 3.8) is 0 Å². The van der Waals surface area contributed by atoms with Crippen molar-refractivity contribution in [2.24, 2.45) is 5.92 Å². The van der Waals surface area contributed by atoms with Crippen LogP contribution in [0.2, 0.25) is 5.02 Å². The van der Waals surface area contributed by atoms with Crippen molar-refractivity contribution in [2.45, 2.75) is 39.2 Å². The number of morpholine rings is 1. The number of likely N-dealkylation sites (tertiary alicyclic amines) is 1. The lowest BCUT2D eigenvalue weighted by molar-refractivity contribution is -0.129. The fourth-order valence-corrected chi connectivity index (χ4v) is 3.91. The molecule has 1 aromatic rings. The quantitative estimate of drug-likeness (QED) is 0.668. The molecule has 0 aliphatic carbocycles. The molecule has 2 saturated heterocycles. The van der Waals surface area contributed by atoms with E-state index in [2.05, 4.69) is 0 Å². The number of carbonyl (C=O) groups is 2. The number of allylic oxidation sites excluding steroid dienone is 1. The Kier molecular flexibility index (Phi) is 7.42. The Balaban J connectivity index is 1.74. The summed E-state index contributed by atoms with van der Waals surface area (Å²) in [7, 11) is 0. The van der Waals surface area contributed by atoms with Gasteiger partial charge in [-0.3, -0.25) is 4.79 Å². The van der Waals surface area contributed by atoms with E-state index in [1.165, 1.54) is 0 Å². The first-order valence-corrected chi connectivity index (χ1v) is 10.9. The number of benzene rings is 1. The van der Waals surface area contributed by atoms with Crippen LogP contribution >= 0.6 is 11.6 Å². The number of halogens is 1. The van der Waals surface area contributed by atoms with Crippen molar-refractivity contribution in [1.29, 1.82) is 0 Å². The van der Waals surface area contributed by atoms with Crippen LogP contribution in [0.4, 0.5) is 4.79 Å². The number of rotatable bonds is 3. The van der Waals surface area contributed by atoms with Gasteiger partial charge in [-0.25, -0.2) is 4.79 Å². The zero-order valence-corrected chi connectivity index (χ0v) is 18.8. The van der Waals surface area contributed by atoms with Crippen molar-refractivity contribution >= 4 is 29.2 Å². The predicted octanol–water partition coefficient (Wildman–Crippen LogP) is 4.23. The average molecular weight is 435 g/mol. The molecule has 0 unspecified atom stereocenters. The molecule has 30 heavy (non-hydrogen) atoms. The molecular weight excluding hydrogens is 404 g/mol. The summed E-state index contributed by atoms with van der Waals surface area (Å²) in [5, 5.41) is 0.664. The standard InChI is InChI=1S/C23H31ClN2O4/c1-23(2,3)30-22(28)26-10-8-18(9-11-26)20(17-4-6-19(24)7-5-17)16-21(27)25-12-14-29-15-13-25/h4-7,16,18H,8-15H2,1-3H3/b20-16+. The molecule has 164 valence electrons. The summed E-state index contributed by atoms with van der Waals surface area (Å²) in [6, 6.07) is 7.61. The maximum Gasteiger partial charge on any atom is 0.410 e. The van der Waals surface area contributed by atoms with Gasteiger partial charge in [0.2, 0.25) is 5.91 Å². The fraction of sp³-hybridized carbons (Fsp3) is 0.565. The van der Waals surface area contributed by atoms with Crippen LogP contribution in [0.25, 0.3) is 5.57 Å². The first-order chi connectivity index (χ1) is 14.2. The molecule has 0 bridgehead atoms. The van der Waals surface area contributed by atoms with E-state index < -0.39 is 5.60 Å². The number of hydrogen-bond donors (Lipinski definition) is 0. The van der Waals surface area contributed by atoms with Gasteiger partial charge in [-0.1, -0.05) is 23.7 Å². The summed E-state index contributed by atoms with van der Waals surface area (Å²) in [5.41, 5.74) is 1.50. The lowest BCUT2D eigenvalue weighted by atomic mass is 9.84. The van der Waals surface area contributed by atoms with Crippen LogP contribution in [0.15, 0.2) is 30.3 Å². The number of hydrogen-bond acceptors (Lipinski definition) is 4. The van der Waals surface area contributed by atoms with Crippen LogP contribution < -0.4 is 0 Å². The van der Waals surface area contributed by atoms with Crippen LogP contribution in [0.1, 0.15) is 39.2 Å². The normalized spacial score (nSPS) is 19.0. The van der Waals surface area contributed by atoms with Gasteiger partial charge in [0.15, 0.2) is 0 Å². The Morgan fingerprint density at radius 3 is 2.20 bits per heavy atom. The molecule has 2 heterocycles. The van der Waals surface area contributed by atoms with Crippen LogP contribution in [-0.4, -0.2) is 66.8 Å². The third-order valence-electron chi connectivity index (χ3n) is 5.37. The lowest BCUT2D eigenvalue weighted by Crippen LogP contribution is -2.42. The van der Waals surface area contributed by atoms with Gasteiger partial charge in [0.05, 0.1) is 13.2 Å². The monoisotopic (exact) mass is 434 g/mol. The van der Waals surface area contributed by atoms with E-state index in [9.17, 15) is 9.59 Å². The van der Waals surface area contributed by atoms with E-state index in [1.54, 1.807) is 11.0 Å². The van der Waals surface area contributed by atoms with Crippen molar-refractivity contribution in [1.82, 2.24) is 9.80 Å². The summed E-state index contributed by atoms with van der Waals surface area (Å²) in [5.74, 6) is 0.202.